The SMILES string of the molecule is CN(c1cccc2ncccc12)C1CCN(CC(=O)N2CCCC2C#N)CC1. The molecule has 2 aliphatic rings. The van der Waals surface area contributed by atoms with Crippen LogP contribution >= 0.6 is 0 Å². The summed E-state index contributed by atoms with van der Waals surface area (Å²) in [5.74, 6) is 0.107. The number of carbonyl (C=O) groups excluding carboxylic acids is 1. The summed E-state index contributed by atoms with van der Waals surface area (Å²) in [5, 5.41) is 10.4. The number of pyridine rings is 1. The van der Waals surface area contributed by atoms with Crippen LogP contribution in [0.2, 0.25) is 0 Å². The predicted octanol–water partition coefficient (Wildman–Crippen LogP) is 2.65. The van der Waals surface area contributed by atoms with Gasteiger partial charge in [0, 0.05) is 50.0 Å². The first-order valence-corrected chi connectivity index (χ1v) is 10.2. The van der Waals surface area contributed by atoms with Crippen molar-refractivity contribution in [2.24, 2.45) is 0 Å². The summed E-state index contributed by atoms with van der Waals surface area (Å²) < 4.78 is 0. The van der Waals surface area contributed by atoms with Crippen LogP contribution in [0, 0.1) is 11.3 Å². The molecule has 146 valence electrons. The molecule has 0 N–H and O–H groups in total. The highest BCUT2D eigenvalue weighted by Gasteiger charge is 2.31. The van der Waals surface area contributed by atoms with E-state index in [1.165, 1.54) is 11.1 Å². The van der Waals surface area contributed by atoms with Crippen LogP contribution in [0.4, 0.5) is 5.69 Å². The number of nitriles is 1. The van der Waals surface area contributed by atoms with Gasteiger partial charge in [0.25, 0.3) is 0 Å². The molecule has 1 amide bonds. The number of benzene rings is 1. The number of hydrogen-bond acceptors (Lipinski definition) is 5. The fourth-order valence-electron chi connectivity index (χ4n) is 4.54. The molecule has 2 fully saturated rings. The molecule has 1 atom stereocenters. The maximum Gasteiger partial charge on any atom is 0.237 e. The first kappa shape index (κ1) is 18.7. The summed E-state index contributed by atoms with van der Waals surface area (Å²) in [6.45, 7) is 2.99. The summed E-state index contributed by atoms with van der Waals surface area (Å²) in [6.07, 6.45) is 5.65. The van der Waals surface area contributed by atoms with Gasteiger partial charge in [-0.2, -0.15) is 5.26 Å². The minimum Gasteiger partial charge on any atom is -0.371 e. The van der Waals surface area contributed by atoms with Crippen LogP contribution in [0.5, 0.6) is 0 Å². The first-order chi connectivity index (χ1) is 13.7. The van der Waals surface area contributed by atoms with E-state index in [2.05, 4.69) is 46.1 Å². The Balaban J connectivity index is 1.36. The molecule has 4 rings (SSSR count). The second-order valence-electron chi connectivity index (χ2n) is 7.84. The van der Waals surface area contributed by atoms with Gasteiger partial charge < -0.3 is 9.80 Å². The van der Waals surface area contributed by atoms with E-state index in [-0.39, 0.29) is 11.9 Å². The van der Waals surface area contributed by atoms with Crippen molar-refractivity contribution in [3.05, 3.63) is 36.5 Å². The molecule has 0 saturated carbocycles. The Morgan fingerprint density at radius 2 is 2.04 bits per heavy atom. The van der Waals surface area contributed by atoms with Crippen LogP contribution < -0.4 is 4.90 Å². The fraction of sp³-hybridized carbons (Fsp3) is 0.500. The quantitative estimate of drug-likeness (QED) is 0.820. The zero-order valence-corrected chi connectivity index (χ0v) is 16.4. The molecule has 2 aliphatic heterocycles. The van der Waals surface area contributed by atoms with Crippen molar-refractivity contribution < 1.29 is 4.79 Å². The number of likely N-dealkylation sites (tertiary alicyclic amines) is 2. The van der Waals surface area contributed by atoms with Crippen LogP contribution in [0.1, 0.15) is 25.7 Å². The zero-order chi connectivity index (χ0) is 19.5. The van der Waals surface area contributed by atoms with E-state index in [1.807, 2.05) is 18.3 Å². The third-order valence-electron chi connectivity index (χ3n) is 6.19. The zero-order valence-electron chi connectivity index (χ0n) is 16.4. The average Bonchev–Trinajstić information content (AvgIpc) is 3.22. The number of anilines is 1. The normalized spacial score (nSPS) is 21.0. The van der Waals surface area contributed by atoms with Gasteiger partial charge >= 0.3 is 0 Å². The third kappa shape index (κ3) is 3.67. The molecule has 1 aromatic heterocycles. The Morgan fingerprint density at radius 3 is 2.82 bits per heavy atom. The molecule has 0 spiro atoms. The summed E-state index contributed by atoms with van der Waals surface area (Å²) in [6, 6.07) is 12.9. The van der Waals surface area contributed by atoms with Crippen LogP contribution in [-0.2, 0) is 4.79 Å². The number of amides is 1. The maximum atomic E-state index is 12.6. The van der Waals surface area contributed by atoms with E-state index < -0.39 is 0 Å². The number of nitrogens with zero attached hydrogens (tertiary/aromatic N) is 5. The third-order valence-corrected chi connectivity index (χ3v) is 6.19. The van der Waals surface area contributed by atoms with Crippen LogP contribution in [-0.4, -0.2) is 66.0 Å². The molecular formula is C22H27N5O. The molecule has 0 radical (unpaired) electrons. The monoisotopic (exact) mass is 377 g/mol. The van der Waals surface area contributed by atoms with Crippen molar-refractivity contribution in [1.82, 2.24) is 14.8 Å². The fourth-order valence-corrected chi connectivity index (χ4v) is 4.54. The number of rotatable bonds is 4. The summed E-state index contributed by atoms with van der Waals surface area (Å²) in [7, 11) is 2.16. The van der Waals surface area contributed by atoms with Gasteiger partial charge in [0.05, 0.1) is 18.1 Å². The van der Waals surface area contributed by atoms with Gasteiger partial charge in [-0.3, -0.25) is 14.7 Å². The van der Waals surface area contributed by atoms with E-state index >= 15 is 0 Å². The Labute approximate surface area is 166 Å². The lowest BCUT2D eigenvalue weighted by atomic mass is 10.0. The van der Waals surface area contributed by atoms with Gasteiger partial charge in [-0.1, -0.05) is 6.07 Å². The van der Waals surface area contributed by atoms with Gasteiger partial charge in [-0.25, -0.2) is 0 Å². The lowest BCUT2D eigenvalue weighted by Gasteiger charge is -2.38. The second kappa shape index (κ2) is 8.15. The second-order valence-corrected chi connectivity index (χ2v) is 7.84. The smallest absolute Gasteiger partial charge is 0.237 e. The van der Waals surface area contributed by atoms with Crippen LogP contribution in [0.15, 0.2) is 36.5 Å². The van der Waals surface area contributed by atoms with E-state index in [0.29, 0.717) is 12.6 Å². The Kier molecular flexibility index (Phi) is 5.45. The largest absolute Gasteiger partial charge is 0.371 e. The van der Waals surface area contributed by atoms with Crippen molar-refractivity contribution in [1.29, 1.82) is 5.26 Å². The lowest BCUT2D eigenvalue weighted by Crippen LogP contribution is -2.48. The number of fused-ring (bicyclic) bond motifs is 1. The molecule has 1 aromatic carbocycles. The van der Waals surface area contributed by atoms with Crippen LogP contribution in [0.25, 0.3) is 10.9 Å². The predicted molar refractivity (Wildman–Crippen MR) is 110 cm³/mol. The topological polar surface area (TPSA) is 63.5 Å². The molecule has 28 heavy (non-hydrogen) atoms. The number of piperidine rings is 1. The van der Waals surface area contributed by atoms with Gasteiger partial charge in [0.15, 0.2) is 0 Å². The summed E-state index contributed by atoms with van der Waals surface area (Å²) >= 11 is 0. The van der Waals surface area contributed by atoms with Crippen molar-refractivity contribution in [2.45, 2.75) is 37.8 Å². The minimum atomic E-state index is -0.226. The molecule has 2 aromatic rings. The minimum absolute atomic E-state index is 0.107. The van der Waals surface area contributed by atoms with Crippen molar-refractivity contribution >= 4 is 22.5 Å². The number of carbonyl (C=O) groups is 1. The molecule has 2 saturated heterocycles. The highest BCUT2D eigenvalue weighted by Crippen LogP contribution is 2.29. The number of aromatic nitrogens is 1. The van der Waals surface area contributed by atoms with Crippen molar-refractivity contribution in [3.8, 4) is 6.07 Å². The molecular weight excluding hydrogens is 350 g/mol. The van der Waals surface area contributed by atoms with Gasteiger partial charge in [-0.05, 0) is 49.9 Å². The summed E-state index contributed by atoms with van der Waals surface area (Å²) in [4.78, 5) is 23.4. The van der Waals surface area contributed by atoms with Crippen molar-refractivity contribution in [3.63, 3.8) is 0 Å². The Morgan fingerprint density at radius 1 is 1.21 bits per heavy atom. The molecule has 6 heteroatoms. The standard InChI is InChI=1S/C22H27N5O/c1-25(21-8-2-7-20-19(21)6-3-11-24-20)17-9-13-26(14-10-17)16-22(28)27-12-4-5-18(27)15-23/h2-3,6-8,11,17-18H,4-5,9-10,12-14,16H2,1H3. The Hall–Kier alpha value is -2.65. The lowest BCUT2D eigenvalue weighted by molar-refractivity contribution is -0.132. The highest BCUT2D eigenvalue weighted by atomic mass is 16.2. The highest BCUT2D eigenvalue weighted by molar-refractivity contribution is 5.91. The molecule has 3 heterocycles. The Bertz CT molecular complexity index is 879. The molecule has 6 nitrogen and oxygen atoms in total. The van der Waals surface area contributed by atoms with Crippen molar-refractivity contribution in [2.75, 3.05) is 38.1 Å². The van der Waals surface area contributed by atoms with E-state index in [9.17, 15) is 10.1 Å². The first-order valence-electron chi connectivity index (χ1n) is 10.2. The van der Waals surface area contributed by atoms with E-state index in [1.54, 1.807) is 4.90 Å². The van der Waals surface area contributed by atoms with Gasteiger partial charge in [-0.15, -0.1) is 0 Å². The number of hydrogen-bond donors (Lipinski definition) is 0. The van der Waals surface area contributed by atoms with E-state index in [0.717, 1.165) is 50.8 Å². The molecule has 0 bridgehead atoms. The van der Waals surface area contributed by atoms with E-state index in [4.69, 9.17) is 0 Å². The van der Waals surface area contributed by atoms with Gasteiger partial charge in [0.2, 0.25) is 5.91 Å². The van der Waals surface area contributed by atoms with Gasteiger partial charge in [0.1, 0.15) is 6.04 Å². The molecule has 1 unspecified atom stereocenters. The van der Waals surface area contributed by atoms with Crippen LogP contribution in [0.3, 0.4) is 0 Å². The average molecular weight is 377 g/mol. The molecule has 0 aliphatic carbocycles. The maximum absolute atomic E-state index is 12.6. The summed E-state index contributed by atoms with van der Waals surface area (Å²) in [5.41, 5.74) is 2.24.